The van der Waals surface area contributed by atoms with Crippen molar-refractivity contribution in [1.29, 1.82) is 0 Å². The molecule has 1 heterocycles. The molecule has 1 atom stereocenters. The molecule has 2 aromatic rings. The topological polar surface area (TPSA) is 89.3 Å². The van der Waals surface area contributed by atoms with Crippen molar-refractivity contribution in [3.63, 3.8) is 0 Å². The third-order valence-electron chi connectivity index (χ3n) is 3.14. The highest BCUT2D eigenvalue weighted by Gasteiger charge is 2.09. The molecule has 0 radical (unpaired) electrons. The quantitative estimate of drug-likeness (QED) is 0.799. The minimum atomic E-state index is -1.07. The highest BCUT2D eigenvalue weighted by atomic mass is 16.5. The van der Waals surface area contributed by atoms with E-state index in [2.05, 4.69) is 22.6 Å². The van der Waals surface area contributed by atoms with E-state index < -0.39 is 5.97 Å². The number of ether oxygens (including phenoxy) is 1. The van der Waals surface area contributed by atoms with Crippen molar-refractivity contribution in [3.8, 4) is 5.75 Å². The van der Waals surface area contributed by atoms with Crippen LogP contribution in [0.2, 0.25) is 0 Å². The van der Waals surface area contributed by atoms with E-state index >= 15 is 0 Å². The van der Waals surface area contributed by atoms with Gasteiger partial charge in [0.05, 0.1) is 19.9 Å². The summed E-state index contributed by atoms with van der Waals surface area (Å²) in [6.07, 6.45) is 1.42. The van der Waals surface area contributed by atoms with E-state index in [0.717, 1.165) is 11.3 Å². The monoisotopic (exact) mass is 290 g/mol. The lowest BCUT2D eigenvalue weighted by molar-refractivity contribution is 0.0690. The van der Waals surface area contributed by atoms with Crippen LogP contribution in [-0.4, -0.2) is 39.7 Å². The second-order valence-electron chi connectivity index (χ2n) is 4.62. The molecule has 0 amide bonds. The summed E-state index contributed by atoms with van der Waals surface area (Å²) >= 11 is 0. The standard InChI is InChI=1S/C14H18N4O3/c1-10(11-4-3-5-12(8-11)21-2)15-6-7-18-9-13(14(19)20)16-17-18/h3-5,8-10,15H,6-7H2,1-2H3,(H,19,20)/t10-/m1/s1. The normalized spacial score (nSPS) is 12.1. The summed E-state index contributed by atoms with van der Waals surface area (Å²) in [4.78, 5) is 10.7. The maximum absolute atomic E-state index is 10.7. The second-order valence-corrected chi connectivity index (χ2v) is 4.62. The minimum Gasteiger partial charge on any atom is -0.497 e. The van der Waals surface area contributed by atoms with Crippen molar-refractivity contribution >= 4 is 5.97 Å². The van der Waals surface area contributed by atoms with Crippen LogP contribution in [0.1, 0.15) is 29.0 Å². The van der Waals surface area contributed by atoms with Crippen LogP contribution < -0.4 is 10.1 Å². The molecule has 0 unspecified atom stereocenters. The molecule has 0 saturated heterocycles. The van der Waals surface area contributed by atoms with Crippen LogP contribution in [-0.2, 0) is 6.54 Å². The van der Waals surface area contributed by atoms with Crippen molar-refractivity contribution in [3.05, 3.63) is 41.7 Å². The van der Waals surface area contributed by atoms with E-state index in [9.17, 15) is 4.79 Å². The van der Waals surface area contributed by atoms with Crippen LogP contribution in [0.5, 0.6) is 5.75 Å². The number of carboxylic acid groups (broad SMARTS) is 1. The summed E-state index contributed by atoms with van der Waals surface area (Å²) in [6, 6.07) is 8.01. The molecule has 0 saturated carbocycles. The highest BCUT2D eigenvalue weighted by molar-refractivity contribution is 5.84. The summed E-state index contributed by atoms with van der Waals surface area (Å²) in [6.45, 7) is 3.26. The summed E-state index contributed by atoms with van der Waals surface area (Å²) in [5, 5.41) is 19.4. The van der Waals surface area contributed by atoms with Crippen molar-refractivity contribution < 1.29 is 14.6 Å². The summed E-state index contributed by atoms with van der Waals surface area (Å²) in [5.41, 5.74) is 1.08. The van der Waals surface area contributed by atoms with Crippen molar-refractivity contribution in [2.45, 2.75) is 19.5 Å². The van der Waals surface area contributed by atoms with Gasteiger partial charge < -0.3 is 15.2 Å². The molecule has 2 rings (SSSR count). The van der Waals surface area contributed by atoms with Gasteiger partial charge >= 0.3 is 5.97 Å². The average Bonchev–Trinajstić information content (AvgIpc) is 2.96. The Labute approximate surface area is 122 Å². The average molecular weight is 290 g/mol. The van der Waals surface area contributed by atoms with Crippen LogP contribution >= 0.6 is 0 Å². The van der Waals surface area contributed by atoms with E-state index in [0.29, 0.717) is 13.1 Å². The SMILES string of the molecule is COc1cccc([C@@H](C)NCCn2cc(C(=O)O)nn2)c1. The van der Waals surface area contributed by atoms with E-state index in [1.807, 2.05) is 24.3 Å². The number of methoxy groups -OCH3 is 1. The van der Waals surface area contributed by atoms with Crippen LogP contribution in [0.15, 0.2) is 30.5 Å². The summed E-state index contributed by atoms with van der Waals surface area (Å²) < 4.78 is 6.71. The van der Waals surface area contributed by atoms with Gasteiger partial charge in [0.1, 0.15) is 5.75 Å². The van der Waals surface area contributed by atoms with Crippen LogP contribution in [0.3, 0.4) is 0 Å². The van der Waals surface area contributed by atoms with Gasteiger partial charge in [0.2, 0.25) is 0 Å². The van der Waals surface area contributed by atoms with E-state index in [1.54, 1.807) is 7.11 Å². The first-order valence-corrected chi connectivity index (χ1v) is 6.61. The molecule has 0 aliphatic heterocycles. The molecule has 1 aromatic heterocycles. The number of nitrogens with one attached hydrogen (secondary N) is 1. The fraction of sp³-hybridized carbons (Fsp3) is 0.357. The summed E-state index contributed by atoms with van der Waals surface area (Å²) in [7, 11) is 1.64. The number of aromatic nitrogens is 3. The highest BCUT2D eigenvalue weighted by Crippen LogP contribution is 2.18. The smallest absolute Gasteiger partial charge is 0.358 e. The number of carboxylic acids is 1. The zero-order valence-electron chi connectivity index (χ0n) is 12.0. The Bertz CT molecular complexity index is 612. The first-order chi connectivity index (χ1) is 10.1. The Kier molecular flexibility index (Phi) is 4.89. The Morgan fingerprint density at radius 3 is 3.00 bits per heavy atom. The molecule has 0 spiro atoms. The third-order valence-corrected chi connectivity index (χ3v) is 3.14. The molecular formula is C14H18N4O3. The molecule has 0 aliphatic rings. The Morgan fingerprint density at radius 1 is 1.52 bits per heavy atom. The number of aromatic carboxylic acids is 1. The molecule has 0 fully saturated rings. The van der Waals surface area contributed by atoms with Crippen LogP contribution in [0.4, 0.5) is 0 Å². The molecular weight excluding hydrogens is 272 g/mol. The lowest BCUT2D eigenvalue weighted by Gasteiger charge is -2.15. The van der Waals surface area contributed by atoms with Crippen LogP contribution in [0.25, 0.3) is 0 Å². The zero-order valence-corrected chi connectivity index (χ0v) is 12.0. The largest absolute Gasteiger partial charge is 0.497 e. The maximum Gasteiger partial charge on any atom is 0.358 e. The number of hydrogen-bond donors (Lipinski definition) is 2. The van der Waals surface area contributed by atoms with Gasteiger partial charge in [-0.05, 0) is 24.6 Å². The van der Waals surface area contributed by atoms with Gasteiger partial charge in [0.25, 0.3) is 0 Å². The predicted octanol–water partition coefficient (Wildman–Crippen LogP) is 1.34. The van der Waals surface area contributed by atoms with Crippen molar-refractivity contribution in [2.75, 3.05) is 13.7 Å². The second kappa shape index (κ2) is 6.85. The molecule has 2 N–H and O–H groups in total. The molecule has 0 bridgehead atoms. The Balaban J connectivity index is 1.85. The third kappa shape index (κ3) is 4.03. The van der Waals surface area contributed by atoms with E-state index in [1.165, 1.54) is 10.9 Å². The minimum absolute atomic E-state index is 0.0455. The van der Waals surface area contributed by atoms with Gasteiger partial charge in [-0.15, -0.1) is 5.10 Å². The van der Waals surface area contributed by atoms with Gasteiger partial charge in [-0.25, -0.2) is 4.79 Å². The molecule has 21 heavy (non-hydrogen) atoms. The zero-order chi connectivity index (χ0) is 15.2. The maximum atomic E-state index is 10.7. The van der Waals surface area contributed by atoms with Gasteiger partial charge in [-0.3, -0.25) is 4.68 Å². The molecule has 112 valence electrons. The van der Waals surface area contributed by atoms with Gasteiger partial charge in [-0.2, -0.15) is 0 Å². The Hall–Kier alpha value is -2.41. The first-order valence-electron chi connectivity index (χ1n) is 6.61. The number of carbonyl (C=O) groups is 1. The van der Waals surface area contributed by atoms with Crippen molar-refractivity contribution in [1.82, 2.24) is 20.3 Å². The van der Waals surface area contributed by atoms with E-state index in [-0.39, 0.29) is 11.7 Å². The lowest BCUT2D eigenvalue weighted by Crippen LogP contribution is -2.23. The van der Waals surface area contributed by atoms with Gasteiger partial charge in [-0.1, -0.05) is 17.3 Å². The van der Waals surface area contributed by atoms with Crippen LogP contribution in [0, 0.1) is 0 Å². The van der Waals surface area contributed by atoms with E-state index in [4.69, 9.17) is 9.84 Å². The van der Waals surface area contributed by atoms with Gasteiger partial charge in [0, 0.05) is 12.6 Å². The number of nitrogens with zero attached hydrogens (tertiary/aromatic N) is 3. The number of rotatable bonds is 7. The fourth-order valence-electron chi connectivity index (χ4n) is 1.93. The summed E-state index contributed by atoms with van der Waals surface area (Å²) in [5.74, 6) is -0.248. The van der Waals surface area contributed by atoms with Gasteiger partial charge in [0.15, 0.2) is 5.69 Å². The number of hydrogen-bond acceptors (Lipinski definition) is 5. The lowest BCUT2D eigenvalue weighted by atomic mass is 10.1. The molecule has 7 nitrogen and oxygen atoms in total. The Morgan fingerprint density at radius 2 is 2.33 bits per heavy atom. The fourth-order valence-corrected chi connectivity index (χ4v) is 1.93. The van der Waals surface area contributed by atoms with Crippen molar-refractivity contribution in [2.24, 2.45) is 0 Å². The predicted molar refractivity (Wildman–Crippen MR) is 76.4 cm³/mol. The number of benzene rings is 1. The first kappa shape index (κ1) is 15.0. The molecule has 7 heteroatoms. The molecule has 1 aromatic carbocycles. The molecule has 0 aliphatic carbocycles.